The smallest absolute Gasteiger partial charge is 0.0646 e. The van der Waals surface area contributed by atoms with Crippen LogP contribution in [0.25, 0.3) is 0 Å². The molecule has 0 amide bonds. The Balaban J connectivity index is 2.76. The number of rotatable bonds is 0. The number of aromatic nitrogens is 2. The topological polar surface area (TPSA) is 17.8 Å². The molecule has 0 aliphatic heterocycles. The Kier molecular flexibility index (Phi) is 3.09. The summed E-state index contributed by atoms with van der Waals surface area (Å²) >= 11 is 2.14. The van der Waals surface area contributed by atoms with Crippen LogP contribution in [0.5, 0.6) is 0 Å². The van der Waals surface area contributed by atoms with Crippen LogP contribution in [0.2, 0.25) is 0 Å². The first-order valence-electron chi connectivity index (χ1n) is 2.60. The molecule has 0 radical (unpaired) electrons. The summed E-state index contributed by atoms with van der Waals surface area (Å²) in [6, 6.07) is 0. The Morgan fingerprint density at radius 3 is 3.10 bits per heavy atom. The summed E-state index contributed by atoms with van der Waals surface area (Å²) in [6.45, 7) is 0. The fraction of sp³-hybridized carbons (Fsp3) is 0.167. The highest BCUT2D eigenvalue weighted by Gasteiger charge is 1.87. The SMILES string of the molecule is Cn1cc(C#CSI)cn1. The fourth-order valence-corrected chi connectivity index (χ4v) is 1.05. The van der Waals surface area contributed by atoms with Crippen molar-refractivity contribution < 1.29 is 0 Å². The van der Waals surface area contributed by atoms with Crippen molar-refractivity contribution >= 4 is 30.1 Å². The molecule has 0 atom stereocenters. The lowest BCUT2D eigenvalue weighted by atomic mass is 10.4. The Morgan fingerprint density at radius 2 is 2.60 bits per heavy atom. The maximum Gasteiger partial charge on any atom is 0.0646 e. The van der Waals surface area contributed by atoms with Gasteiger partial charge in [-0.1, -0.05) is 5.92 Å². The molecule has 0 unspecified atom stereocenters. The van der Waals surface area contributed by atoms with E-state index in [9.17, 15) is 0 Å². The average molecular weight is 264 g/mol. The van der Waals surface area contributed by atoms with Crippen LogP contribution >= 0.6 is 30.1 Å². The van der Waals surface area contributed by atoms with Crippen LogP contribution in [0.15, 0.2) is 12.4 Å². The van der Waals surface area contributed by atoms with Crippen molar-refractivity contribution in [2.24, 2.45) is 7.05 Å². The second-order valence-electron chi connectivity index (χ2n) is 1.71. The lowest BCUT2D eigenvalue weighted by Gasteiger charge is -1.78. The lowest BCUT2D eigenvalue weighted by molar-refractivity contribution is 0.767. The first-order valence-corrected chi connectivity index (χ1v) is 5.96. The average Bonchev–Trinajstić information content (AvgIpc) is 2.31. The fourth-order valence-electron chi connectivity index (χ4n) is 0.564. The normalized spacial score (nSPS) is 8.60. The van der Waals surface area contributed by atoms with Gasteiger partial charge in [0.15, 0.2) is 0 Å². The number of hydrogen-bond acceptors (Lipinski definition) is 2. The molecule has 0 saturated carbocycles. The summed E-state index contributed by atoms with van der Waals surface area (Å²) in [4.78, 5) is 0. The van der Waals surface area contributed by atoms with Gasteiger partial charge in [0, 0.05) is 34.5 Å². The highest BCUT2D eigenvalue weighted by Crippen LogP contribution is 2.07. The van der Waals surface area contributed by atoms with Gasteiger partial charge >= 0.3 is 0 Å². The van der Waals surface area contributed by atoms with Crippen LogP contribution in [-0.2, 0) is 7.05 Å². The van der Waals surface area contributed by atoms with E-state index in [0.29, 0.717) is 0 Å². The molecule has 52 valence electrons. The van der Waals surface area contributed by atoms with E-state index in [1.54, 1.807) is 10.9 Å². The number of aryl methyl sites for hydroxylation is 1. The Bertz CT molecular complexity index is 271. The third-order valence-electron chi connectivity index (χ3n) is 0.939. The summed E-state index contributed by atoms with van der Waals surface area (Å²) < 4.78 is 1.74. The highest BCUT2D eigenvalue weighted by atomic mass is 127. The molecule has 1 aromatic rings. The minimum atomic E-state index is 0.965. The van der Waals surface area contributed by atoms with Crippen LogP contribution in [0.4, 0.5) is 0 Å². The van der Waals surface area contributed by atoms with Crippen molar-refractivity contribution in [2.75, 3.05) is 0 Å². The molecule has 2 nitrogen and oxygen atoms in total. The quantitative estimate of drug-likeness (QED) is 0.525. The Morgan fingerprint density at radius 1 is 1.80 bits per heavy atom. The van der Waals surface area contributed by atoms with Gasteiger partial charge in [-0.2, -0.15) is 5.10 Å². The van der Waals surface area contributed by atoms with E-state index in [2.05, 4.69) is 37.5 Å². The van der Waals surface area contributed by atoms with Crippen LogP contribution in [0.3, 0.4) is 0 Å². The molecule has 10 heavy (non-hydrogen) atoms. The van der Waals surface area contributed by atoms with Gasteiger partial charge in [-0.3, -0.25) is 4.68 Å². The third kappa shape index (κ3) is 2.23. The monoisotopic (exact) mass is 264 g/mol. The number of hydrogen-bond donors (Lipinski definition) is 0. The van der Waals surface area contributed by atoms with Gasteiger partial charge < -0.3 is 0 Å². The molecule has 1 rings (SSSR count). The minimum absolute atomic E-state index is 0.965. The van der Waals surface area contributed by atoms with Crippen molar-refractivity contribution in [1.82, 2.24) is 9.78 Å². The molecule has 0 bridgehead atoms. The molecule has 0 fully saturated rings. The van der Waals surface area contributed by atoms with Gasteiger partial charge in [0.25, 0.3) is 0 Å². The van der Waals surface area contributed by atoms with Gasteiger partial charge in [0.2, 0.25) is 0 Å². The van der Waals surface area contributed by atoms with Crippen molar-refractivity contribution in [3.05, 3.63) is 18.0 Å². The molecule has 0 N–H and O–H groups in total. The Hall–Kier alpha value is -0.150. The van der Waals surface area contributed by atoms with E-state index < -0.39 is 0 Å². The first kappa shape index (κ1) is 7.95. The maximum atomic E-state index is 3.97. The zero-order valence-electron chi connectivity index (χ0n) is 5.34. The molecule has 0 aromatic carbocycles. The standard InChI is InChI=1S/C6H5IN2S/c1-9-5-6(4-8-9)2-3-10-7/h4-5H,1H3. The van der Waals surface area contributed by atoms with Gasteiger partial charge in [-0.25, -0.2) is 0 Å². The van der Waals surface area contributed by atoms with Crippen LogP contribution in [0.1, 0.15) is 5.56 Å². The van der Waals surface area contributed by atoms with E-state index in [1.165, 1.54) is 8.93 Å². The minimum Gasteiger partial charge on any atom is -0.275 e. The van der Waals surface area contributed by atoms with Crippen molar-refractivity contribution in [2.45, 2.75) is 0 Å². The molecule has 1 aromatic heterocycles. The molecule has 0 aliphatic rings. The molecule has 0 spiro atoms. The zero-order chi connectivity index (χ0) is 7.40. The second-order valence-corrected chi connectivity index (χ2v) is 3.39. The summed E-state index contributed by atoms with van der Waals surface area (Å²) in [7, 11) is 3.35. The van der Waals surface area contributed by atoms with E-state index in [0.717, 1.165) is 5.56 Å². The summed E-state index contributed by atoms with van der Waals surface area (Å²) in [6.07, 6.45) is 3.64. The van der Waals surface area contributed by atoms with Crippen molar-refractivity contribution in [1.29, 1.82) is 0 Å². The highest BCUT2D eigenvalue weighted by molar-refractivity contribution is 14.2. The largest absolute Gasteiger partial charge is 0.275 e. The summed E-state index contributed by atoms with van der Waals surface area (Å²) in [5, 5.41) is 6.85. The second kappa shape index (κ2) is 3.88. The zero-order valence-corrected chi connectivity index (χ0v) is 8.31. The third-order valence-corrected chi connectivity index (χ3v) is 1.78. The van der Waals surface area contributed by atoms with Crippen molar-refractivity contribution in [3.63, 3.8) is 0 Å². The molecule has 0 saturated heterocycles. The summed E-state index contributed by atoms with van der Waals surface area (Å²) in [5.74, 6) is 2.94. The van der Waals surface area contributed by atoms with E-state index in [1.807, 2.05) is 13.2 Å². The van der Waals surface area contributed by atoms with E-state index in [4.69, 9.17) is 0 Å². The Labute approximate surface area is 76.0 Å². The molecule has 4 heteroatoms. The summed E-state index contributed by atoms with van der Waals surface area (Å²) in [5.41, 5.74) is 0.965. The lowest BCUT2D eigenvalue weighted by Crippen LogP contribution is -1.83. The van der Waals surface area contributed by atoms with Gasteiger partial charge in [0.05, 0.1) is 11.8 Å². The van der Waals surface area contributed by atoms with Gasteiger partial charge in [0.1, 0.15) is 0 Å². The first-order chi connectivity index (χ1) is 4.83. The predicted octanol–water partition coefficient (Wildman–Crippen LogP) is 1.81. The van der Waals surface area contributed by atoms with Crippen LogP contribution in [-0.4, -0.2) is 9.78 Å². The predicted molar refractivity (Wildman–Crippen MR) is 51.7 cm³/mol. The van der Waals surface area contributed by atoms with E-state index in [-0.39, 0.29) is 0 Å². The molecular weight excluding hydrogens is 259 g/mol. The van der Waals surface area contributed by atoms with E-state index >= 15 is 0 Å². The number of nitrogens with zero attached hydrogens (tertiary/aromatic N) is 2. The van der Waals surface area contributed by atoms with Gasteiger partial charge in [-0.05, 0) is 14.2 Å². The van der Waals surface area contributed by atoms with Gasteiger partial charge in [-0.15, -0.1) is 0 Å². The molecule has 0 aliphatic carbocycles. The van der Waals surface area contributed by atoms with Crippen LogP contribution < -0.4 is 0 Å². The molecule has 1 heterocycles. The van der Waals surface area contributed by atoms with Crippen molar-refractivity contribution in [3.8, 4) is 11.2 Å². The maximum absolute atomic E-state index is 3.97. The molecular formula is C6H5IN2S. The van der Waals surface area contributed by atoms with Crippen LogP contribution in [0, 0.1) is 11.2 Å². The number of halogens is 1.